The van der Waals surface area contributed by atoms with E-state index in [-0.39, 0.29) is 24.9 Å². The second kappa shape index (κ2) is 9.43. The molecule has 33 heavy (non-hydrogen) atoms. The molecule has 1 aromatic heterocycles. The third-order valence-corrected chi connectivity index (χ3v) is 5.64. The smallest absolute Gasteiger partial charge is 0.412 e. The van der Waals surface area contributed by atoms with E-state index in [0.717, 1.165) is 11.3 Å². The van der Waals surface area contributed by atoms with Crippen LogP contribution in [0, 0.1) is 0 Å². The van der Waals surface area contributed by atoms with Crippen LogP contribution < -0.4 is 15.4 Å². The number of benzene rings is 2. The molecule has 4 unspecified atom stereocenters. The summed E-state index contributed by atoms with van der Waals surface area (Å²) in [5.74, 6) is 1.20. The number of ether oxygens (including phenoxy) is 4. The molecule has 3 heterocycles. The minimum atomic E-state index is -0.562. The Labute approximate surface area is 191 Å². The lowest BCUT2D eigenvalue weighted by molar-refractivity contribution is 0.00917. The van der Waals surface area contributed by atoms with Gasteiger partial charge in [-0.3, -0.25) is 5.32 Å². The molecule has 0 aliphatic carbocycles. The van der Waals surface area contributed by atoms with Crippen molar-refractivity contribution in [2.24, 2.45) is 0 Å². The van der Waals surface area contributed by atoms with Crippen LogP contribution in [0.5, 0.6) is 5.75 Å². The topological polar surface area (TPSA) is 104 Å². The first kappa shape index (κ1) is 21.2. The van der Waals surface area contributed by atoms with Gasteiger partial charge in [-0.05, 0) is 30.3 Å². The number of carbonyl (C=O) groups is 1. The van der Waals surface area contributed by atoms with E-state index in [1.165, 1.54) is 0 Å². The Bertz CT molecular complexity index is 1100. The number of rotatable bonds is 6. The molecule has 0 radical (unpaired) electrons. The molecular weight excluding hydrogens is 424 g/mol. The molecule has 5 rings (SSSR count). The minimum absolute atomic E-state index is 0.153. The number of fused-ring (bicyclic) bond motifs is 1. The fraction of sp³-hybridized carbons (Fsp3) is 0.292. The molecule has 4 atom stereocenters. The van der Waals surface area contributed by atoms with Crippen LogP contribution in [0.25, 0.3) is 11.3 Å². The Morgan fingerprint density at radius 2 is 1.79 bits per heavy atom. The number of amides is 1. The van der Waals surface area contributed by atoms with Gasteiger partial charge < -0.3 is 24.3 Å². The van der Waals surface area contributed by atoms with Gasteiger partial charge in [-0.2, -0.15) is 0 Å². The van der Waals surface area contributed by atoms with Crippen LogP contribution in [-0.2, 0) is 14.2 Å². The molecule has 0 saturated carbocycles. The Morgan fingerprint density at radius 3 is 2.58 bits per heavy atom. The highest BCUT2D eigenvalue weighted by Crippen LogP contribution is 2.31. The molecule has 0 bridgehead atoms. The number of anilines is 2. The Morgan fingerprint density at radius 1 is 1.00 bits per heavy atom. The third-order valence-electron chi connectivity index (χ3n) is 5.64. The average molecular weight is 448 g/mol. The quantitative estimate of drug-likeness (QED) is 0.592. The van der Waals surface area contributed by atoms with E-state index >= 15 is 0 Å². The summed E-state index contributed by atoms with van der Waals surface area (Å²) in [4.78, 5) is 21.3. The highest BCUT2D eigenvalue weighted by Gasteiger charge is 2.49. The summed E-state index contributed by atoms with van der Waals surface area (Å²) >= 11 is 0. The maximum Gasteiger partial charge on any atom is 0.412 e. The van der Waals surface area contributed by atoms with Gasteiger partial charge in [-0.15, -0.1) is 0 Å². The molecule has 2 fully saturated rings. The lowest BCUT2D eigenvalue weighted by Crippen LogP contribution is -2.38. The van der Waals surface area contributed by atoms with Crippen molar-refractivity contribution < 1.29 is 23.7 Å². The molecule has 1 amide bonds. The first-order valence-electron chi connectivity index (χ1n) is 10.7. The van der Waals surface area contributed by atoms with Crippen molar-refractivity contribution in [1.82, 2.24) is 9.97 Å². The van der Waals surface area contributed by atoms with Gasteiger partial charge in [0.25, 0.3) is 0 Å². The van der Waals surface area contributed by atoms with Crippen molar-refractivity contribution in [3.05, 3.63) is 66.9 Å². The SMILES string of the molecule is COc1ccc(NC(=O)OC2COC3C(Nc4nccc(-c5ccccc5)n4)COC23)cc1. The van der Waals surface area contributed by atoms with Crippen molar-refractivity contribution in [1.29, 1.82) is 0 Å². The Hall–Kier alpha value is -3.69. The predicted molar refractivity (Wildman–Crippen MR) is 121 cm³/mol. The number of nitrogens with zero attached hydrogens (tertiary/aromatic N) is 2. The zero-order valence-corrected chi connectivity index (χ0v) is 18.0. The van der Waals surface area contributed by atoms with E-state index in [1.807, 2.05) is 36.4 Å². The van der Waals surface area contributed by atoms with E-state index < -0.39 is 12.2 Å². The van der Waals surface area contributed by atoms with E-state index in [9.17, 15) is 4.79 Å². The molecule has 3 aromatic rings. The van der Waals surface area contributed by atoms with Crippen LogP contribution in [0.1, 0.15) is 0 Å². The van der Waals surface area contributed by atoms with E-state index in [0.29, 0.717) is 24.0 Å². The number of carbonyl (C=O) groups excluding carboxylic acids is 1. The lowest BCUT2D eigenvalue weighted by Gasteiger charge is -2.18. The van der Waals surface area contributed by atoms with Gasteiger partial charge >= 0.3 is 6.09 Å². The molecule has 2 aromatic carbocycles. The number of aromatic nitrogens is 2. The van der Waals surface area contributed by atoms with Crippen molar-refractivity contribution in [3.63, 3.8) is 0 Å². The van der Waals surface area contributed by atoms with Crippen LogP contribution in [-0.4, -0.2) is 60.7 Å². The minimum Gasteiger partial charge on any atom is -0.497 e. The molecule has 170 valence electrons. The molecule has 2 saturated heterocycles. The van der Waals surface area contributed by atoms with Crippen LogP contribution in [0.15, 0.2) is 66.9 Å². The second-order valence-corrected chi connectivity index (χ2v) is 7.78. The van der Waals surface area contributed by atoms with Crippen molar-refractivity contribution in [2.75, 3.05) is 31.0 Å². The van der Waals surface area contributed by atoms with Gasteiger partial charge in [0.15, 0.2) is 6.10 Å². The van der Waals surface area contributed by atoms with Crippen LogP contribution in [0.4, 0.5) is 16.4 Å². The fourth-order valence-corrected chi connectivity index (χ4v) is 4.01. The third kappa shape index (κ3) is 4.74. The van der Waals surface area contributed by atoms with Crippen LogP contribution >= 0.6 is 0 Å². The van der Waals surface area contributed by atoms with E-state index in [4.69, 9.17) is 18.9 Å². The monoisotopic (exact) mass is 448 g/mol. The van der Waals surface area contributed by atoms with Gasteiger partial charge in [-0.25, -0.2) is 14.8 Å². The summed E-state index contributed by atoms with van der Waals surface area (Å²) in [5, 5.41) is 6.02. The Balaban J connectivity index is 1.18. The summed E-state index contributed by atoms with van der Waals surface area (Å²) in [6, 6.07) is 18.6. The summed E-state index contributed by atoms with van der Waals surface area (Å²) in [6.07, 6.45) is 0.0229. The van der Waals surface area contributed by atoms with Crippen LogP contribution in [0.2, 0.25) is 0 Å². The van der Waals surface area contributed by atoms with Crippen molar-refractivity contribution in [2.45, 2.75) is 24.4 Å². The largest absolute Gasteiger partial charge is 0.497 e. The van der Waals surface area contributed by atoms with Gasteiger partial charge in [-0.1, -0.05) is 30.3 Å². The zero-order valence-electron chi connectivity index (χ0n) is 18.0. The van der Waals surface area contributed by atoms with E-state index in [1.54, 1.807) is 37.6 Å². The fourth-order valence-electron chi connectivity index (χ4n) is 4.01. The second-order valence-electron chi connectivity index (χ2n) is 7.78. The summed E-state index contributed by atoms with van der Waals surface area (Å²) < 4.78 is 22.5. The van der Waals surface area contributed by atoms with Gasteiger partial charge in [0.05, 0.1) is 32.1 Å². The molecule has 9 heteroatoms. The van der Waals surface area contributed by atoms with Gasteiger partial charge in [0.2, 0.25) is 5.95 Å². The number of methoxy groups -OCH3 is 1. The van der Waals surface area contributed by atoms with Crippen molar-refractivity contribution >= 4 is 17.7 Å². The van der Waals surface area contributed by atoms with Gasteiger partial charge in [0.1, 0.15) is 18.0 Å². The highest BCUT2D eigenvalue weighted by molar-refractivity contribution is 5.84. The predicted octanol–water partition coefficient (Wildman–Crippen LogP) is 3.35. The highest BCUT2D eigenvalue weighted by atomic mass is 16.6. The van der Waals surface area contributed by atoms with Crippen LogP contribution in [0.3, 0.4) is 0 Å². The standard InChI is InChI=1S/C24H24N4O5/c1-30-17-9-7-16(8-10-17)26-24(29)33-20-14-32-21-19(13-31-22(20)21)28-23-25-12-11-18(27-23)15-5-3-2-4-6-15/h2-12,19-22H,13-14H2,1H3,(H,26,29)(H,25,27,28). The van der Waals surface area contributed by atoms with Gasteiger partial charge in [0, 0.05) is 17.4 Å². The average Bonchev–Trinajstić information content (AvgIpc) is 3.43. The molecule has 9 nitrogen and oxygen atoms in total. The summed E-state index contributed by atoms with van der Waals surface area (Å²) in [5.41, 5.74) is 2.45. The number of hydrogen-bond donors (Lipinski definition) is 2. The van der Waals surface area contributed by atoms with Crippen molar-refractivity contribution in [3.8, 4) is 17.0 Å². The summed E-state index contributed by atoms with van der Waals surface area (Å²) in [6.45, 7) is 0.655. The molecule has 2 aliphatic heterocycles. The molecular formula is C24H24N4O5. The molecule has 2 aliphatic rings. The zero-order chi connectivity index (χ0) is 22.6. The Kier molecular flexibility index (Phi) is 6.05. The number of hydrogen-bond acceptors (Lipinski definition) is 8. The lowest BCUT2D eigenvalue weighted by atomic mass is 10.1. The number of nitrogens with one attached hydrogen (secondary N) is 2. The maximum absolute atomic E-state index is 12.3. The normalized spacial score (nSPS) is 23.5. The maximum atomic E-state index is 12.3. The first-order valence-corrected chi connectivity index (χ1v) is 10.7. The molecule has 0 spiro atoms. The summed E-state index contributed by atoms with van der Waals surface area (Å²) in [7, 11) is 1.59. The van der Waals surface area contributed by atoms with E-state index in [2.05, 4.69) is 20.6 Å². The molecule has 2 N–H and O–H groups in total. The first-order chi connectivity index (χ1) is 16.2.